The summed E-state index contributed by atoms with van der Waals surface area (Å²) in [4.78, 5) is 11.0. The lowest BCUT2D eigenvalue weighted by atomic mass is 10.1. The third-order valence-electron chi connectivity index (χ3n) is 4.79. The Hall–Kier alpha value is -2.54. The van der Waals surface area contributed by atoms with E-state index in [1.807, 2.05) is 4.68 Å². The van der Waals surface area contributed by atoms with Crippen molar-refractivity contribution in [1.82, 2.24) is 29.8 Å². The van der Waals surface area contributed by atoms with Gasteiger partial charge in [-0.15, -0.1) is 0 Å². The molecule has 2 aromatic heterocycles. The molecular formula is C18H22N6O. The molecule has 1 aromatic carbocycles. The maximum Gasteiger partial charge on any atom is 0.241 e. The second kappa shape index (κ2) is 7.14. The van der Waals surface area contributed by atoms with Gasteiger partial charge in [0.1, 0.15) is 12.7 Å². The van der Waals surface area contributed by atoms with Crippen LogP contribution in [-0.4, -0.2) is 42.4 Å². The van der Waals surface area contributed by atoms with Gasteiger partial charge in [0.25, 0.3) is 0 Å². The Morgan fingerprint density at radius 3 is 2.88 bits per heavy atom. The van der Waals surface area contributed by atoms with Gasteiger partial charge >= 0.3 is 0 Å². The molecule has 1 aliphatic rings. The summed E-state index contributed by atoms with van der Waals surface area (Å²) in [7, 11) is 0. The van der Waals surface area contributed by atoms with Gasteiger partial charge in [0.2, 0.25) is 11.7 Å². The fourth-order valence-electron chi connectivity index (χ4n) is 3.35. The third-order valence-corrected chi connectivity index (χ3v) is 4.79. The van der Waals surface area contributed by atoms with Crippen LogP contribution in [0.4, 0.5) is 0 Å². The topological polar surface area (TPSA) is 72.9 Å². The van der Waals surface area contributed by atoms with E-state index in [4.69, 9.17) is 4.52 Å². The van der Waals surface area contributed by atoms with Crippen molar-refractivity contribution in [3.8, 4) is 11.4 Å². The van der Waals surface area contributed by atoms with E-state index in [1.165, 1.54) is 12.0 Å². The average molecular weight is 338 g/mol. The Balaban J connectivity index is 1.43. The molecule has 1 fully saturated rings. The van der Waals surface area contributed by atoms with Crippen LogP contribution in [0.3, 0.4) is 0 Å². The summed E-state index contributed by atoms with van der Waals surface area (Å²) in [6.07, 6.45) is 6.70. The molecule has 1 saturated heterocycles. The average Bonchev–Trinajstić information content (AvgIpc) is 3.39. The summed E-state index contributed by atoms with van der Waals surface area (Å²) < 4.78 is 7.37. The zero-order valence-electron chi connectivity index (χ0n) is 14.4. The van der Waals surface area contributed by atoms with Crippen LogP contribution in [0.15, 0.2) is 41.4 Å². The molecule has 0 amide bonds. The molecular weight excluding hydrogens is 316 g/mol. The van der Waals surface area contributed by atoms with E-state index in [2.05, 4.69) is 56.3 Å². The predicted octanol–water partition coefficient (Wildman–Crippen LogP) is 2.56. The van der Waals surface area contributed by atoms with Crippen LogP contribution in [0.1, 0.15) is 31.2 Å². The molecule has 4 rings (SSSR count). The lowest BCUT2D eigenvalue weighted by Crippen LogP contribution is -2.32. The predicted molar refractivity (Wildman–Crippen MR) is 92.6 cm³/mol. The van der Waals surface area contributed by atoms with Gasteiger partial charge in [0.15, 0.2) is 0 Å². The van der Waals surface area contributed by atoms with Crippen molar-refractivity contribution in [3.05, 3.63) is 48.4 Å². The van der Waals surface area contributed by atoms with E-state index in [1.54, 1.807) is 12.7 Å². The second-order valence-electron chi connectivity index (χ2n) is 6.45. The van der Waals surface area contributed by atoms with Crippen molar-refractivity contribution in [1.29, 1.82) is 0 Å². The van der Waals surface area contributed by atoms with E-state index in [9.17, 15) is 0 Å². The number of hydrogen-bond acceptors (Lipinski definition) is 6. The smallest absolute Gasteiger partial charge is 0.241 e. The van der Waals surface area contributed by atoms with Gasteiger partial charge in [-0.2, -0.15) is 10.1 Å². The normalized spacial score (nSPS) is 18.0. The van der Waals surface area contributed by atoms with E-state index in [0.717, 1.165) is 31.5 Å². The molecule has 1 atom stereocenters. The molecule has 7 heteroatoms. The van der Waals surface area contributed by atoms with Crippen molar-refractivity contribution in [2.24, 2.45) is 0 Å². The number of nitrogens with zero attached hydrogens (tertiary/aromatic N) is 6. The number of aryl methyl sites for hydroxylation is 1. The highest BCUT2D eigenvalue weighted by molar-refractivity contribution is 5.54. The molecule has 3 aromatic rings. The highest BCUT2D eigenvalue weighted by Gasteiger charge is 2.26. The largest absolute Gasteiger partial charge is 0.338 e. The highest BCUT2D eigenvalue weighted by Crippen LogP contribution is 2.22. The maximum atomic E-state index is 5.48. The first kappa shape index (κ1) is 16.0. The molecule has 0 aliphatic carbocycles. The van der Waals surface area contributed by atoms with Gasteiger partial charge in [0, 0.05) is 11.6 Å². The zero-order chi connectivity index (χ0) is 17.1. The molecule has 0 spiro atoms. The quantitative estimate of drug-likeness (QED) is 0.688. The summed E-state index contributed by atoms with van der Waals surface area (Å²) in [5.74, 6) is 1.32. The van der Waals surface area contributed by atoms with Crippen molar-refractivity contribution >= 4 is 0 Å². The third kappa shape index (κ3) is 3.61. The fraction of sp³-hybridized carbons (Fsp3) is 0.444. The summed E-state index contributed by atoms with van der Waals surface area (Å²) in [5, 5.41) is 8.35. The second-order valence-corrected chi connectivity index (χ2v) is 6.45. The SMILES string of the molecule is CCc1ccc(-c2noc(CN3CCC[C@H]3Cn3cncn3)n2)cc1. The Labute approximate surface area is 146 Å². The lowest BCUT2D eigenvalue weighted by molar-refractivity contribution is 0.192. The molecule has 130 valence electrons. The van der Waals surface area contributed by atoms with Crippen LogP contribution in [0.25, 0.3) is 11.4 Å². The van der Waals surface area contributed by atoms with Gasteiger partial charge < -0.3 is 4.52 Å². The standard InChI is InChI=1S/C18H22N6O/c1-2-14-5-7-15(8-6-14)18-21-17(25-22-18)11-23-9-3-4-16(23)10-24-13-19-12-20-24/h5-8,12-13,16H,2-4,9-11H2,1H3/t16-/m0/s1. The van der Waals surface area contributed by atoms with Crippen molar-refractivity contribution < 1.29 is 4.52 Å². The van der Waals surface area contributed by atoms with E-state index in [-0.39, 0.29) is 0 Å². The monoisotopic (exact) mass is 338 g/mol. The molecule has 25 heavy (non-hydrogen) atoms. The van der Waals surface area contributed by atoms with E-state index in [0.29, 0.717) is 24.3 Å². The number of aromatic nitrogens is 5. The first-order chi connectivity index (χ1) is 12.3. The van der Waals surface area contributed by atoms with Crippen LogP contribution in [0.2, 0.25) is 0 Å². The first-order valence-electron chi connectivity index (χ1n) is 8.80. The lowest BCUT2D eigenvalue weighted by Gasteiger charge is -2.22. The van der Waals surface area contributed by atoms with Crippen LogP contribution in [0, 0.1) is 0 Å². The van der Waals surface area contributed by atoms with Crippen LogP contribution >= 0.6 is 0 Å². The molecule has 7 nitrogen and oxygen atoms in total. The Morgan fingerprint density at radius 1 is 1.24 bits per heavy atom. The van der Waals surface area contributed by atoms with Crippen molar-refractivity contribution in [2.45, 2.75) is 45.3 Å². The molecule has 0 radical (unpaired) electrons. The van der Waals surface area contributed by atoms with Crippen molar-refractivity contribution in [3.63, 3.8) is 0 Å². The minimum atomic E-state index is 0.431. The van der Waals surface area contributed by atoms with E-state index < -0.39 is 0 Å². The van der Waals surface area contributed by atoms with Crippen LogP contribution in [-0.2, 0) is 19.5 Å². The summed E-state index contributed by atoms with van der Waals surface area (Å²) in [5.41, 5.74) is 2.30. The Kier molecular flexibility index (Phi) is 4.56. The summed E-state index contributed by atoms with van der Waals surface area (Å²) >= 11 is 0. The molecule has 1 aliphatic heterocycles. The van der Waals surface area contributed by atoms with E-state index >= 15 is 0 Å². The molecule has 0 unspecified atom stereocenters. The Morgan fingerprint density at radius 2 is 2.12 bits per heavy atom. The van der Waals surface area contributed by atoms with Gasteiger partial charge in [-0.05, 0) is 31.4 Å². The fourth-order valence-corrected chi connectivity index (χ4v) is 3.35. The first-order valence-corrected chi connectivity index (χ1v) is 8.80. The van der Waals surface area contributed by atoms with Crippen molar-refractivity contribution in [2.75, 3.05) is 6.54 Å². The summed E-state index contributed by atoms with van der Waals surface area (Å²) in [6, 6.07) is 8.76. The number of hydrogen-bond donors (Lipinski definition) is 0. The van der Waals surface area contributed by atoms with Crippen LogP contribution in [0.5, 0.6) is 0 Å². The highest BCUT2D eigenvalue weighted by atomic mass is 16.5. The minimum Gasteiger partial charge on any atom is -0.338 e. The Bertz CT molecular complexity index is 795. The molecule has 3 heterocycles. The number of rotatable bonds is 6. The molecule has 0 bridgehead atoms. The summed E-state index contributed by atoms with van der Waals surface area (Å²) in [6.45, 7) is 4.72. The zero-order valence-corrected chi connectivity index (χ0v) is 14.4. The number of likely N-dealkylation sites (tertiary alicyclic amines) is 1. The molecule has 0 saturated carbocycles. The maximum absolute atomic E-state index is 5.48. The molecule has 0 N–H and O–H groups in total. The van der Waals surface area contributed by atoms with Gasteiger partial charge in [0.05, 0.1) is 13.1 Å². The van der Waals surface area contributed by atoms with Gasteiger partial charge in [-0.1, -0.05) is 36.3 Å². The van der Waals surface area contributed by atoms with Gasteiger partial charge in [-0.25, -0.2) is 4.98 Å². The van der Waals surface area contributed by atoms with Gasteiger partial charge in [-0.3, -0.25) is 9.58 Å². The number of benzene rings is 1. The van der Waals surface area contributed by atoms with Crippen LogP contribution < -0.4 is 0 Å². The minimum absolute atomic E-state index is 0.431.